The molecule has 0 bridgehead atoms. The molecule has 0 saturated carbocycles. The molecule has 0 aromatic heterocycles. The monoisotopic (exact) mass is 197 g/mol. The summed E-state index contributed by atoms with van der Waals surface area (Å²) in [6.07, 6.45) is 8.36. The van der Waals surface area contributed by atoms with E-state index in [2.05, 4.69) is 45.2 Å². The highest BCUT2D eigenvalue weighted by Crippen LogP contribution is 2.01. The summed E-state index contributed by atoms with van der Waals surface area (Å²) in [4.78, 5) is 0. The van der Waals surface area contributed by atoms with Crippen molar-refractivity contribution in [3.8, 4) is 0 Å². The average Bonchev–Trinajstić information content (AvgIpc) is 2.08. The van der Waals surface area contributed by atoms with Crippen LogP contribution >= 0.6 is 0 Å². The molecule has 0 aromatic rings. The highest BCUT2D eigenvalue weighted by molar-refractivity contribution is 4.84. The second-order valence-corrected chi connectivity index (χ2v) is 4.84. The molecule has 0 fully saturated rings. The standard InChI is InChI=1S/C13H27N/c1-12(2)8-5-6-10-14-11-7-9-13(3)4/h5-6,12-14H,7-11H2,1-4H3/b6-5-. The van der Waals surface area contributed by atoms with Crippen LogP contribution in [0.3, 0.4) is 0 Å². The summed E-state index contributed by atoms with van der Waals surface area (Å²) in [7, 11) is 0. The molecule has 1 N–H and O–H groups in total. The van der Waals surface area contributed by atoms with Gasteiger partial charge in [0.05, 0.1) is 0 Å². The van der Waals surface area contributed by atoms with Crippen molar-refractivity contribution in [2.75, 3.05) is 13.1 Å². The number of allylic oxidation sites excluding steroid dienone is 1. The molecule has 0 saturated heterocycles. The molecule has 0 rings (SSSR count). The van der Waals surface area contributed by atoms with Gasteiger partial charge in [-0.1, -0.05) is 39.8 Å². The third-order valence-electron chi connectivity index (χ3n) is 2.17. The molecule has 84 valence electrons. The Balaban J connectivity index is 3.09. The second kappa shape index (κ2) is 9.26. The fourth-order valence-corrected chi connectivity index (χ4v) is 1.27. The van der Waals surface area contributed by atoms with Gasteiger partial charge in [0.15, 0.2) is 0 Å². The van der Waals surface area contributed by atoms with Crippen LogP contribution in [-0.4, -0.2) is 13.1 Å². The maximum Gasteiger partial charge on any atom is 0.0134 e. The van der Waals surface area contributed by atoms with Crippen molar-refractivity contribution in [3.63, 3.8) is 0 Å². The van der Waals surface area contributed by atoms with Crippen LogP contribution in [-0.2, 0) is 0 Å². The van der Waals surface area contributed by atoms with Crippen molar-refractivity contribution in [3.05, 3.63) is 12.2 Å². The molecule has 1 heteroatoms. The molecule has 0 radical (unpaired) electrons. The molecule has 0 aliphatic carbocycles. The Kier molecular flexibility index (Phi) is 9.06. The molecule has 0 aromatic carbocycles. The molecule has 0 spiro atoms. The zero-order chi connectivity index (χ0) is 10.8. The predicted octanol–water partition coefficient (Wildman–Crippen LogP) is 3.61. The Labute approximate surface area is 90.0 Å². The molecule has 0 aliphatic heterocycles. The first-order valence-electron chi connectivity index (χ1n) is 5.98. The van der Waals surface area contributed by atoms with E-state index in [1.807, 2.05) is 0 Å². The lowest BCUT2D eigenvalue weighted by Crippen LogP contribution is -2.15. The summed E-state index contributed by atoms with van der Waals surface area (Å²) in [5.74, 6) is 1.63. The van der Waals surface area contributed by atoms with Crippen LogP contribution in [0, 0.1) is 11.8 Å². The van der Waals surface area contributed by atoms with Crippen molar-refractivity contribution < 1.29 is 0 Å². The maximum absolute atomic E-state index is 3.43. The Bertz CT molecular complexity index is 136. The van der Waals surface area contributed by atoms with Crippen LogP contribution in [0.2, 0.25) is 0 Å². The van der Waals surface area contributed by atoms with Gasteiger partial charge in [0.25, 0.3) is 0 Å². The Morgan fingerprint density at radius 3 is 2.29 bits per heavy atom. The van der Waals surface area contributed by atoms with E-state index >= 15 is 0 Å². The highest BCUT2D eigenvalue weighted by Gasteiger charge is 1.92. The van der Waals surface area contributed by atoms with Crippen molar-refractivity contribution >= 4 is 0 Å². The van der Waals surface area contributed by atoms with Crippen LogP contribution in [0.15, 0.2) is 12.2 Å². The van der Waals surface area contributed by atoms with E-state index in [4.69, 9.17) is 0 Å². The van der Waals surface area contributed by atoms with Crippen LogP contribution in [0.5, 0.6) is 0 Å². The molecule has 0 amide bonds. The molecule has 0 unspecified atom stereocenters. The molecule has 0 heterocycles. The van der Waals surface area contributed by atoms with Crippen LogP contribution in [0.4, 0.5) is 0 Å². The topological polar surface area (TPSA) is 12.0 Å². The number of hydrogen-bond donors (Lipinski definition) is 1. The fourth-order valence-electron chi connectivity index (χ4n) is 1.27. The summed E-state index contributed by atoms with van der Waals surface area (Å²) in [6, 6.07) is 0. The van der Waals surface area contributed by atoms with E-state index in [9.17, 15) is 0 Å². The van der Waals surface area contributed by atoms with Crippen molar-refractivity contribution in [1.29, 1.82) is 0 Å². The van der Waals surface area contributed by atoms with Gasteiger partial charge in [-0.2, -0.15) is 0 Å². The van der Waals surface area contributed by atoms with E-state index < -0.39 is 0 Å². The van der Waals surface area contributed by atoms with Crippen LogP contribution in [0.25, 0.3) is 0 Å². The first-order valence-corrected chi connectivity index (χ1v) is 5.98. The molecule has 14 heavy (non-hydrogen) atoms. The molecular formula is C13H27N. The van der Waals surface area contributed by atoms with E-state index in [0.29, 0.717) is 0 Å². The van der Waals surface area contributed by atoms with Gasteiger partial charge in [-0.15, -0.1) is 0 Å². The fraction of sp³-hybridized carbons (Fsp3) is 0.846. The predicted molar refractivity (Wildman–Crippen MR) is 65.5 cm³/mol. The van der Waals surface area contributed by atoms with Gasteiger partial charge in [0.2, 0.25) is 0 Å². The number of rotatable bonds is 8. The maximum atomic E-state index is 3.43. The number of hydrogen-bond acceptors (Lipinski definition) is 1. The minimum Gasteiger partial charge on any atom is -0.313 e. The highest BCUT2D eigenvalue weighted by atomic mass is 14.8. The van der Waals surface area contributed by atoms with Gasteiger partial charge in [0.1, 0.15) is 0 Å². The second-order valence-electron chi connectivity index (χ2n) is 4.84. The smallest absolute Gasteiger partial charge is 0.0134 e. The minimum atomic E-state index is 0.784. The van der Waals surface area contributed by atoms with Gasteiger partial charge in [-0.05, 0) is 37.6 Å². The Morgan fingerprint density at radius 1 is 1.00 bits per heavy atom. The minimum absolute atomic E-state index is 0.784. The zero-order valence-electron chi connectivity index (χ0n) is 10.3. The van der Waals surface area contributed by atoms with E-state index in [0.717, 1.165) is 24.9 Å². The lowest BCUT2D eigenvalue weighted by molar-refractivity contribution is 0.536. The summed E-state index contributed by atoms with van der Waals surface area (Å²) >= 11 is 0. The van der Waals surface area contributed by atoms with Gasteiger partial charge >= 0.3 is 0 Å². The lowest BCUT2D eigenvalue weighted by atomic mass is 10.1. The van der Waals surface area contributed by atoms with Crippen molar-refractivity contribution in [2.24, 2.45) is 11.8 Å². The first kappa shape index (κ1) is 13.7. The zero-order valence-corrected chi connectivity index (χ0v) is 10.3. The Hall–Kier alpha value is -0.300. The van der Waals surface area contributed by atoms with Gasteiger partial charge in [-0.25, -0.2) is 0 Å². The van der Waals surface area contributed by atoms with E-state index in [-0.39, 0.29) is 0 Å². The van der Waals surface area contributed by atoms with E-state index in [1.165, 1.54) is 19.3 Å². The largest absolute Gasteiger partial charge is 0.313 e. The lowest BCUT2D eigenvalue weighted by Gasteiger charge is -2.04. The molecule has 0 aliphatic rings. The SMILES string of the molecule is CC(C)C/C=C\CNCCCC(C)C. The number of nitrogens with one attached hydrogen (secondary N) is 1. The van der Waals surface area contributed by atoms with E-state index in [1.54, 1.807) is 0 Å². The average molecular weight is 197 g/mol. The first-order chi connectivity index (χ1) is 6.63. The van der Waals surface area contributed by atoms with Crippen LogP contribution in [0.1, 0.15) is 47.0 Å². The van der Waals surface area contributed by atoms with Crippen LogP contribution < -0.4 is 5.32 Å². The summed E-state index contributed by atoms with van der Waals surface area (Å²) in [5.41, 5.74) is 0. The van der Waals surface area contributed by atoms with Crippen molar-refractivity contribution in [1.82, 2.24) is 5.32 Å². The van der Waals surface area contributed by atoms with Gasteiger partial charge in [-0.3, -0.25) is 0 Å². The molecule has 0 atom stereocenters. The van der Waals surface area contributed by atoms with Gasteiger partial charge in [0, 0.05) is 6.54 Å². The summed E-state index contributed by atoms with van der Waals surface area (Å²) in [5, 5.41) is 3.43. The molecular weight excluding hydrogens is 170 g/mol. The third kappa shape index (κ3) is 11.7. The summed E-state index contributed by atoms with van der Waals surface area (Å²) in [6.45, 7) is 11.3. The Morgan fingerprint density at radius 2 is 1.71 bits per heavy atom. The van der Waals surface area contributed by atoms with Crippen molar-refractivity contribution in [2.45, 2.75) is 47.0 Å². The van der Waals surface area contributed by atoms with Gasteiger partial charge < -0.3 is 5.32 Å². The molecule has 1 nitrogen and oxygen atoms in total. The normalized spacial score (nSPS) is 12.1. The quantitative estimate of drug-likeness (QED) is 0.463. The third-order valence-corrected chi connectivity index (χ3v) is 2.17. The summed E-state index contributed by atoms with van der Waals surface area (Å²) < 4.78 is 0.